The molecule has 1 aliphatic heterocycles. The number of benzene rings is 3. The third kappa shape index (κ3) is 4.07. The molecule has 29 heavy (non-hydrogen) atoms. The second-order valence-corrected chi connectivity index (χ2v) is 8.58. The van der Waals surface area contributed by atoms with E-state index < -0.39 is 10.0 Å². The lowest BCUT2D eigenvalue weighted by atomic mass is 10.2. The number of carbonyl (C=O) groups excluding carboxylic acids is 1. The summed E-state index contributed by atoms with van der Waals surface area (Å²) in [6, 6.07) is 23.3. The number of para-hydroxylation sites is 1. The maximum absolute atomic E-state index is 13.0. The van der Waals surface area contributed by atoms with Crippen LogP contribution in [0.1, 0.15) is 11.1 Å². The largest absolute Gasteiger partial charge is 0.323 e. The number of nitrogens with zero attached hydrogens (tertiary/aromatic N) is 1. The van der Waals surface area contributed by atoms with Crippen LogP contribution in [0.2, 0.25) is 0 Å². The van der Waals surface area contributed by atoms with Crippen LogP contribution >= 0.6 is 0 Å². The zero-order valence-electron chi connectivity index (χ0n) is 15.7. The van der Waals surface area contributed by atoms with E-state index in [0.717, 1.165) is 16.8 Å². The van der Waals surface area contributed by atoms with Crippen molar-refractivity contribution >= 4 is 33.4 Å². The van der Waals surface area contributed by atoms with E-state index in [-0.39, 0.29) is 10.8 Å². The molecule has 0 aromatic heterocycles. The SMILES string of the molecule is O=C(C=Cc1ccccc1)Nc1ccc(S(=O)(=O)N2CCc3ccccc32)cc1. The summed E-state index contributed by atoms with van der Waals surface area (Å²) in [4.78, 5) is 12.3. The summed E-state index contributed by atoms with van der Waals surface area (Å²) in [5, 5.41) is 2.74. The van der Waals surface area contributed by atoms with Crippen LogP contribution in [0, 0.1) is 0 Å². The molecule has 0 atom stereocenters. The Morgan fingerprint density at radius 1 is 0.897 bits per heavy atom. The molecule has 0 bridgehead atoms. The minimum Gasteiger partial charge on any atom is -0.323 e. The van der Waals surface area contributed by atoms with E-state index in [4.69, 9.17) is 0 Å². The molecule has 146 valence electrons. The normalized spacial score (nSPS) is 13.4. The molecular formula is C23H20N2O3S. The van der Waals surface area contributed by atoms with Gasteiger partial charge in [0.15, 0.2) is 0 Å². The first-order valence-corrected chi connectivity index (χ1v) is 10.7. The lowest BCUT2D eigenvalue weighted by Crippen LogP contribution is -2.29. The standard InChI is InChI=1S/C23H20N2O3S/c26-23(15-10-18-6-2-1-3-7-18)24-20-11-13-21(14-12-20)29(27,28)25-17-16-19-8-4-5-9-22(19)25/h1-15H,16-17H2,(H,24,26). The molecule has 0 fully saturated rings. The molecule has 0 spiro atoms. The Morgan fingerprint density at radius 2 is 1.59 bits per heavy atom. The third-order valence-electron chi connectivity index (χ3n) is 4.78. The van der Waals surface area contributed by atoms with E-state index in [1.807, 2.05) is 54.6 Å². The fourth-order valence-electron chi connectivity index (χ4n) is 3.32. The van der Waals surface area contributed by atoms with Crippen LogP contribution in [-0.4, -0.2) is 20.9 Å². The lowest BCUT2D eigenvalue weighted by Gasteiger charge is -2.19. The second kappa shape index (κ2) is 7.93. The number of rotatable bonds is 5. The molecule has 1 heterocycles. The van der Waals surface area contributed by atoms with Gasteiger partial charge < -0.3 is 5.32 Å². The second-order valence-electron chi connectivity index (χ2n) is 6.71. The van der Waals surface area contributed by atoms with Crippen molar-refractivity contribution in [3.8, 4) is 0 Å². The molecule has 1 amide bonds. The summed E-state index contributed by atoms with van der Waals surface area (Å²) in [6.45, 7) is 0.435. The van der Waals surface area contributed by atoms with Gasteiger partial charge in [0.2, 0.25) is 5.91 Å². The molecule has 0 aliphatic carbocycles. The van der Waals surface area contributed by atoms with Crippen molar-refractivity contribution in [1.82, 2.24) is 0 Å². The Kier molecular flexibility index (Phi) is 5.18. The van der Waals surface area contributed by atoms with E-state index in [1.54, 1.807) is 18.2 Å². The molecule has 6 heteroatoms. The van der Waals surface area contributed by atoms with Crippen molar-refractivity contribution in [3.05, 3.63) is 96.1 Å². The van der Waals surface area contributed by atoms with E-state index >= 15 is 0 Å². The minimum atomic E-state index is -3.64. The predicted molar refractivity (Wildman–Crippen MR) is 115 cm³/mol. The molecular weight excluding hydrogens is 384 g/mol. The fraction of sp³-hybridized carbons (Fsp3) is 0.0870. The summed E-state index contributed by atoms with van der Waals surface area (Å²) < 4.78 is 27.5. The number of carbonyl (C=O) groups is 1. The lowest BCUT2D eigenvalue weighted by molar-refractivity contribution is -0.111. The van der Waals surface area contributed by atoms with Crippen LogP contribution in [0.4, 0.5) is 11.4 Å². The maximum atomic E-state index is 13.0. The van der Waals surface area contributed by atoms with Gasteiger partial charge in [0.25, 0.3) is 10.0 Å². The molecule has 5 nitrogen and oxygen atoms in total. The van der Waals surface area contributed by atoms with Crippen molar-refractivity contribution in [1.29, 1.82) is 0 Å². The highest BCUT2D eigenvalue weighted by Crippen LogP contribution is 2.32. The van der Waals surface area contributed by atoms with Gasteiger partial charge in [0, 0.05) is 18.3 Å². The van der Waals surface area contributed by atoms with Gasteiger partial charge in [0.05, 0.1) is 10.6 Å². The van der Waals surface area contributed by atoms with Gasteiger partial charge in [-0.05, 0) is 54.0 Å². The molecule has 4 rings (SSSR count). The number of amides is 1. The van der Waals surface area contributed by atoms with Crippen LogP contribution in [0.25, 0.3) is 6.08 Å². The average Bonchev–Trinajstić information content (AvgIpc) is 3.18. The Labute approximate surface area is 170 Å². The zero-order chi connectivity index (χ0) is 20.3. The number of sulfonamides is 1. The van der Waals surface area contributed by atoms with Gasteiger partial charge >= 0.3 is 0 Å². The zero-order valence-corrected chi connectivity index (χ0v) is 16.5. The Hall–Kier alpha value is -3.38. The summed E-state index contributed by atoms with van der Waals surface area (Å²) in [5.41, 5.74) is 3.23. The molecule has 0 unspecified atom stereocenters. The van der Waals surface area contributed by atoms with Crippen LogP contribution < -0.4 is 9.62 Å². The van der Waals surface area contributed by atoms with Gasteiger partial charge in [-0.2, -0.15) is 0 Å². The Bertz CT molecular complexity index is 1150. The predicted octanol–water partition coefficient (Wildman–Crippen LogP) is 4.09. The minimum absolute atomic E-state index is 0.201. The van der Waals surface area contributed by atoms with Crippen LogP contribution in [0.15, 0.2) is 89.8 Å². The van der Waals surface area contributed by atoms with Crippen molar-refractivity contribution < 1.29 is 13.2 Å². The highest BCUT2D eigenvalue weighted by Gasteiger charge is 2.30. The van der Waals surface area contributed by atoms with E-state index in [9.17, 15) is 13.2 Å². The van der Waals surface area contributed by atoms with Gasteiger partial charge in [-0.25, -0.2) is 8.42 Å². The van der Waals surface area contributed by atoms with Crippen LogP contribution in [-0.2, 0) is 21.2 Å². The Balaban J connectivity index is 1.47. The molecule has 0 saturated carbocycles. The van der Waals surface area contributed by atoms with Crippen LogP contribution in [0.3, 0.4) is 0 Å². The highest BCUT2D eigenvalue weighted by molar-refractivity contribution is 7.92. The first-order chi connectivity index (χ1) is 14.0. The van der Waals surface area contributed by atoms with Gasteiger partial charge in [0.1, 0.15) is 0 Å². The van der Waals surface area contributed by atoms with Crippen molar-refractivity contribution in [2.24, 2.45) is 0 Å². The van der Waals surface area contributed by atoms with Crippen LogP contribution in [0.5, 0.6) is 0 Å². The first-order valence-electron chi connectivity index (χ1n) is 9.29. The van der Waals surface area contributed by atoms with E-state index in [0.29, 0.717) is 18.7 Å². The molecule has 3 aromatic rings. The van der Waals surface area contributed by atoms with Gasteiger partial charge in [-0.3, -0.25) is 9.10 Å². The molecule has 0 saturated heterocycles. The first kappa shape index (κ1) is 19.0. The summed E-state index contributed by atoms with van der Waals surface area (Å²) in [7, 11) is -3.64. The summed E-state index contributed by atoms with van der Waals surface area (Å²) >= 11 is 0. The number of hydrogen-bond acceptors (Lipinski definition) is 3. The smallest absolute Gasteiger partial charge is 0.264 e. The van der Waals surface area contributed by atoms with E-state index in [2.05, 4.69) is 5.32 Å². The molecule has 1 N–H and O–H groups in total. The van der Waals surface area contributed by atoms with Gasteiger partial charge in [-0.1, -0.05) is 48.5 Å². The summed E-state index contributed by atoms with van der Waals surface area (Å²) in [5.74, 6) is -0.280. The third-order valence-corrected chi connectivity index (χ3v) is 6.61. The molecule has 0 radical (unpaired) electrons. The topological polar surface area (TPSA) is 66.5 Å². The maximum Gasteiger partial charge on any atom is 0.264 e. The monoisotopic (exact) mass is 404 g/mol. The highest BCUT2D eigenvalue weighted by atomic mass is 32.2. The van der Waals surface area contributed by atoms with Crippen molar-refractivity contribution in [2.75, 3.05) is 16.2 Å². The Morgan fingerprint density at radius 3 is 2.34 bits per heavy atom. The summed E-state index contributed by atoms with van der Waals surface area (Å²) in [6.07, 6.45) is 3.87. The quantitative estimate of drug-likeness (QED) is 0.652. The van der Waals surface area contributed by atoms with E-state index in [1.165, 1.54) is 22.5 Å². The van der Waals surface area contributed by atoms with Crippen molar-refractivity contribution in [2.45, 2.75) is 11.3 Å². The fourth-order valence-corrected chi connectivity index (χ4v) is 4.82. The van der Waals surface area contributed by atoms with Crippen molar-refractivity contribution in [3.63, 3.8) is 0 Å². The average molecular weight is 404 g/mol. The number of hydrogen-bond donors (Lipinski definition) is 1. The number of anilines is 2. The molecule has 1 aliphatic rings. The number of nitrogens with one attached hydrogen (secondary N) is 1. The molecule has 3 aromatic carbocycles. The van der Waals surface area contributed by atoms with Gasteiger partial charge in [-0.15, -0.1) is 0 Å². The number of fused-ring (bicyclic) bond motifs is 1.